The number of aliphatic imine (C=N–C) groups is 1. The van der Waals surface area contributed by atoms with Gasteiger partial charge in [-0.25, -0.2) is 0 Å². The zero-order valence-electron chi connectivity index (χ0n) is 11.5. The highest BCUT2D eigenvalue weighted by molar-refractivity contribution is 8.13. The van der Waals surface area contributed by atoms with Crippen LogP contribution in [0.1, 0.15) is 47.5 Å². The molecule has 0 bridgehead atoms. The van der Waals surface area contributed by atoms with E-state index in [2.05, 4.69) is 40.9 Å². The molecule has 16 heavy (non-hydrogen) atoms. The second-order valence-corrected chi connectivity index (χ2v) is 9.81. The molecule has 2 nitrogen and oxygen atoms in total. The Balaban J connectivity index is 2.54. The van der Waals surface area contributed by atoms with Gasteiger partial charge in [-0.05, 0) is 38.0 Å². The second-order valence-electron chi connectivity index (χ2n) is 6.23. The highest BCUT2D eigenvalue weighted by atomic mass is 32.2. The number of nitrogens with zero attached hydrogens (tertiary/aromatic N) is 1. The van der Waals surface area contributed by atoms with Crippen molar-refractivity contribution in [2.45, 2.75) is 64.1 Å². The van der Waals surface area contributed by atoms with Gasteiger partial charge in [0.1, 0.15) is 0 Å². The molecule has 94 valence electrons. The van der Waals surface area contributed by atoms with Gasteiger partial charge < -0.3 is 4.43 Å². The van der Waals surface area contributed by atoms with Crippen molar-refractivity contribution < 1.29 is 4.43 Å². The van der Waals surface area contributed by atoms with Gasteiger partial charge in [0, 0.05) is 0 Å². The Labute approximate surface area is 107 Å². The average molecular weight is 259 g/mol. The SMILES string of the molecule is CSC1=N[C@H](C(C)(C)O[SiH2]C(C)(C)C)CC1. The summed E-state index contributed by atoms with van der Waals surface area (Å²) in [4.78, 5) is 4.76. The quantitative estimate of drug-likeness (QED) is 0.727. The molecule has 0 aromatic heterocycles. The Morgan fingerprint density at radius 3 is 2.38 bits per heavy atom. The molecule has 0 aliphatic carbocycles. The van der Waals surface area contributed by atoms with Crippen LogP contribution >= 0.6 is 11.8 Å². The average Bonchev–Trinajstić information content (AvgIpc) is 2.62. The van der Waals surface area contributed by atoms with Crippen molar-refractivity contribution in [2.24, 2.45) is 4.99 Å². The van der Waals surface area contributed by atoms with Crippen molar-refractivity contribution in [3.05, 3.63) is 0 Å². The van der Waals surface area contributed by atoms with Gasteiger partial charge in [-0.1, -0.05) is 20.8 Å². The van der Waals surface area contributed by atoms with Crippen molar-refractivity contribution >= 4 is 26.6 Å². The van der Waals surface area contributed by atoms with Gasteiger partial charge in [-0.15, -0.1) is 11.8 Å². The predicted octanol–water partition coefficient (Wildman–Crippen LogP) is 3.01. The Morgan fingerprint density at radius 2 is 1.94 bits per heavy atom. The fourth-order valence-electron chi connectivity index (χ4n) is 1.72. The minimum absolute atomic E-state index is 0.0724. The molecular weight excluding hydrogens is 234 g/mol. The van der Waals surface area contributed by atoms with E-state index in [0.29, 0.717) is 11.1 Å². The van der Waals surface area contributed by atoms with Crippen molar-refractivity contribution in [3.63, 3.8) is 0 Å². The van der Waals surface area contributed by atoms with Gasteiger partial charge in [-0.2, -0.15) is 0 Å². The Morgan fingerprint density at radius 1 is 1.31 bits per heavy atom. The monoisotopic (exact) mass is 259 g/mol. The van der Waals surface area contributed by atoms with E-state index in [4.69, 9.17) is 9.42 Å². The summed E-state index contributed by atoms with van der Waals surface area (Å²) in [6.45, 7) is 11.2. The van der Waals surface area contributed by atoms with E-state index in [-0.39, 0.29) is 5.60 Å². The molecule has 0 fully saturated rings. The summed E-state index contributed by atoms with van der Waals surface area (Å²) in [6.07, 6.45) is 4.40. The van der Waals surface area contributed by atoms with Gasteiger partial charge in [0.2, 0.25) is 0 Å². The fraction of sp³-hybridized carbons (Fsp3) is 0.917. The summed E-state index contributed by atoms with van der Waals surface area (Å²) in [6, 6.07) is 0.366. The van der Waals surface area contributed by atoms with E-state index < -0.39 is 9.76 Å². The van der Waals surface area contributed by atoms with E-state index in [1.54, 1.807) is 11.8 Å². The standard InChI is InChI=1S/C12H25NOSSi/c1-11(2,3)16-14-12(4,5)9-7-8-10(13-9)15-6/h9H,7-8,16H2,1-6H3/t9-/m0/s1. The minimum atomic E-state index is -0.487. The highest BCUT2D eigenvalue weighted by Gasteiger charge is 2.34. The lowest BCUT2D eigenvalue weighted by molar-refractivity contribution is 0.0813. The first-order valence-electron chi connectivity index (χ1n) is 5.99. The topological polar surface area (TPSA) is 21.6 Å². The highest BCUT2D eigenvalue weighted by Crippen LogP contribution is 2.31. The maximum absolute atomic E-state index is 6.19. The van der Waals surface area contributed by atoms with Crippen LogP contribution in [0.25, 0.3) is 0 Å². The summed E-state index contributed by atoms with van der Waals surface area (Å²) in [5.74, 6) is 0. The Kier molecular flexibility index (Phi) is 4.66. The Hall–Kier alpha value is 0.197. The van der Waals surface area contributed by atoms with Gasteiger partial charge >= 0.3 is 0 Å². The first-order chi connectivity index (χ1) is 7.24. The van der Waals surface area contributed by atoms with Crippen LogP contribution in [0.5, 0.6) is 0 Å². The molecule has 1 atom stereocenters. The molecular formula is C12H25NOSSi. The third-order valence-corrected chi connectivity index (χ3v) is 5.38. The molecule has 0 saturated heterocycles. The maximum atomic E-state index is 6.19. The van der Waals surface area contributed by atoms with E-state index in [1.807, 2.05) is 0 Å². The molecule has 0 unspecified atom stereocenters. The first-order valence-corrected chi connectivity index (χ1v) is 8.50. The lowest BCUT2D eigenvalue weighted by atomic mass is 9.97. The molecule has 1 aliphatic heterocycles. The van der Waals surface area contributed by atoms with Crippen LogP contribution in [0.3, 0.4) is 0 Å². The summed E-state index contributed by atoms with van der Waals surface area (Å²) >= 11 is 1.78. The van der Waals surface area contributed by atoms with Crippen molar-refractivity contribution in [1.29, 1.82) is 0 Å². The zero-order valence-corrected chi connectivity index (χ0v) is 13.7. The third-order valence-electron chi connectivity index (χ3n) is 2.85. The lowest BCUT2D eigenvalue weighted by Gasteiger charge is -2.33. The maximum Gasteiger partial charge on any atom is 0.167 e. The molecule has 1 heterocycles. The van der Waals surface area contributed by atoms with Crippen molar-refractivity contribution in [2.75, 3.05) is 6.26 Å². The third kappa shape index (κ3) is 4.22. The molecule has 0 saturated carbocycles. The van der Waals surface area contributed by atoms with Crippen LogP contribution in [0, 0.1) is 0 Å². The number of hydrogen-bond acceptors (Lipinski definition) is 3. The summed E-state index contributed by atoms with van der Waals surface area (Å²) in [5, 5.41) is 1.65. The fourth-order valence-corrected chi connectivity index (χ4v) is 3.27. The van der Waals surface area contributed by atoms with Crippen LogP contribution in [0.4, 0.5) is 0 Å². The molecule has 4 heteroatoms. The molecule has 0 aromatic carbocycles. The van der Waals surface area contributed by atoms with Crippen LogP contribution in [0.15, 0.2) is 4.99 Å². The van der Waals surface area contributed by atoms with Gasteiger partial charge in [-0.3, -0.25) is 4.99 Å². The molecule has 0 amide bonds. The Bertz CT molecular complexity index is 271. The molecule has 0 radical (unpaired) electrons. The minimum Gasteiger partial charge on any atom is -0.416 e. The summed E-state index contributed by atoms with van der Waals surface area (Å²) in [7, 11) is -0.487. The number of thioether (sulfide) groups is 1. The second kappa shape index (κ2) is 5.23. The van der Waals surface area contributed by atoms with Crippen molar-refractivity contribution in [3.8, 4) is 0 Å². The number of rotatable bonds is 3. The first kappa shape index (κ1) is 14.3. The van der Waals surface area contributed by atoms with Crippen LogP contribution in [-0.4, -0.2) is 32.7 Å². The van der Waals surface area contributed by atoms with Crippen LogP contribution in [0.2, 0.25) is 5.04 Å². The van der Waals surface area contributed by atoms with E-state index >= 15 is 0 Å². The lowest BCUT2D eigenvalue weighted by Crippen LogP contribution is -2.39. The molecule has 1 aliphatic rings. The largest absolute Gasteiger partial charge is 0.416 e. The van der Waals surface area contributed by atoms with E-state index in [9.17, 15) is 0 Å². The van der Waals surface area contributed by atoms with E-state index in [1.165, 1.54) is 5.04 Å². The summed E-state index contributed by atoms with van der Waals surface area (Å²) < 4.78 is 6.19. The molecule has 0 aromatic rings. The van der Waals surface area contributed by atoms with Crippen LogP contribution < -0.4 is 0 Å². The van der Waals surface area contributed by atoms with Gasteiger partial charge in [0.25, 0.3) is 0 Å². The molecule has 0 spiro atoms. The normalized spacial score (nSPS) is 23.1. The van der Waals surface area contributed by atoms with Crippen LogP contribution in [-0.2, 0) is 4.43 Å². The zero-order chi connectivity index (χ0) is 12.4. The van der Waals surface area contributed by atoms with E-state index in [0.717, 1.165) is 12.8 Å². The van der Waals surface area contributed by atoms with Crippen molar-refractivity contribution in [1.82, 2.24) is 0 Å². The molecule has 1 rings (SSSR count). The predicted molar refractivity (Wildman–Crippen MR) is 77.4 cm³/mol. The van der Waals surface area contributed by atoms with Gasteiger partial charge in [0.05, 0.1) is 16.7 Å². The molecule has 0 N–H and O–H groups in total. The van der Waals surface area contributed by atoms with Gasteiger partial charge in [0.15, 0.2) is 9.76 Å². The smallest absolute Gasteiger partial charge is 0.167 e. The summed E-state index contributed by atoms with van der Waals surface area (Å²) in [5.41, 5.74) is -0.0724. The number of hydrogen-bond donors (Lipinski definition) is 0.